The summed E-state index contributed by atoms with van der Waals surface area (Å²) in [7, 11) is 0. The van der Waals surface area contributed by atoms with Crippen LogP contribution < -0.4 is 0 Å². The molecule has 0 saturated carbocycles. The fourth-order valence-electron chi connectivity index (χ4n) is 4.24. The molecule has 2 nitrogen and oxygen atoms in total. The van der Waals surface area contributed by atoms with Crippen LogP contribution in [-0.2, 0) is 12.8 Å². The van der Waals surface area contributed by atoms with Crippen molar-refractivity contribution in [2.45, 2.75) is 78.6 Å². The molecule has 0 aromatic heterocycles. The second kappa shape index (κ2) is 11.1. The second-order valence-electron chi connectivity index (χ2n) is 8.34. The van der Waals surface area contributed by atoms with Crippen LogP contribution in [0.15, 0.2) is 60.2 Å². The molecule has 0 saturated heterocycles. The number of aryl methyl sites for hydroxylation is 2. The van der Waals surface area contributed by atoms with Crippen LogP contribution in [-0.4, -0.2) is 4.70 Å². The maximum absolute atomic E-state index is 11.2. The van der Waals surface area contributed by atoms with E-state index < -0.39 is 0 Å². The van der Waals surface area contributed by atoms with Crippen LogP contribution in [0.4, 0.5) is 0 Å². The Kier molecular flexibility index (Phi) is 8.19. The van der Waals surface area contributed by atoms with Gasteiger partial charge in [-0.2, -0.15) is 0 Å². The molecule has 1 aliphatic heterocycles. The number of allylic oxidation sites excluding steroid dienone is 2. The van der Waals surface area contributed by atoms with Gasteiger partial charge in [0.15, 0.2) is 0 Å². The molecule has 30 heavy (non-hydrogen) atoms. The van der Waals surface area contributed by atoms with Crippen LogP contribution in [0.25, 0.3) is 16.9 Å². The molecule has 0 aliphatic carbocycles. The second-order valence-corrected chi connectivity index (χ2v) is 8.34. The fourth-order valence-corrected chi connectivity index (χ4v) is 4.24. The van der Waals surface area contributed by atoms with Gasteiger partial charge in [-0.05, 0) is 61.1 Å². The Bertz CT molecular complexity index is 933. The molecule has 3 rings (SSSR count). The summed E-state index contributed by atoms with van der Waals surface area (Å²) in [5.41, 5.74) is 19.1. The molecule has 2 aromatic carbocycles. The zero-order chi connectivity index (χ0) is 21.3. The number of rotatable bonds is 11. The number of unbranched alkanes of at least 4 members (excludes halogenated alkanes) is 5. The first kappa shape index (κ1) is 22.2. The molecular formula is C28H36N2. The monoisotopic (exact) mass is 400 g/mol. The van der Waals surface area contributed by atoms with Crippen LogP contribution in [0.2, 0.25) is 0 Å². The zero-order valence-corrected chi connectivity index (χ0v) is 19.0. The Morgan fingerprint density at radius 3 is 2.00 bits per heavy atom. The molecule has 0 N–H and O–H groups in total. The summed E-state index contributed by atoms with van der Waals surface area (Å²) in [4.78, 5) is 0. The Hall–Kier alpha value is -2.48. The van der Waals surface area contributed by atoms with Gasteiger partial charge in [-0.15, -0.1) is 0 Å². The number of nitrogens with zero attached hydrogens (tertiary/aromatic N) is 2. The van der Waals surface area contributed by atoms with E-state index >= 15 is 0 Å². The van der Waals surface area contributed by atoms with Crippen LogP contribution in [0.1, 0.15) is 88.0 Å². The first-order valence-corrected chi connectivity index (χ1v) is 11.8. The summed E-state index contributed by atoms with van der Waals surface area (Å²) in [6, 6.07) is 17.1. The van der Waals surface area contributed by atoms with E-state index in [0.717, 1.165) is 41.8 Å². The summed E-state index contributed by atoms with van der Waals surface area (Å²) in [5.74, 6) is 0. The van der Waals surface area contributed by atoms with E-state index in [4.69, 9.17) is 0 Å². The van der Waals surface area contributed by atoms with Crippen LogP contribution >= 0.6 is 0 Å². The summed E-state index contributed by atoms with van der Waals surface area (Å²) in [5, 5.41) is 0. The van der Waals surface area contributed by atoms with Gasteiger partial charge < -0.3 is 5.53 Å². The highest BCUT2D eigenvalue weighted by Crippen LogP contribution is 2.37. The highest BCUT2D eigenvalue weighted by Gasteiger charge is 2.28. The van der Waals surface area contributed by atoms with E-state index in [0.29, 0.717) is 0 Å². The van der Waals surface area contributed by atoms with Crippen molar-refractivity contribution in [3.05, 3.63) is 88.0 Å². The van der Waals surface area contributed by atoms with Gasteiger partial charge in [0, 0.05) is 22.8 Å². The summed E-state index contributed by atoms with van der Waals surface area (Å²) < 4.78 is 1.43. The van der Waals surface area contributed by atoms with Gasteiger partial charge in [-0.3, -0.25) is 0 Å². The average Bonchev–Trinajstić information content (AvgIpc) is 3.12. The van der Waals surface area contributed by atoms with E-state index in [1.165, 1.54) is 59.9 Å². The highest BCUT2D eigenvalue weighted by atomic mass is 15.2. The lowest BCUT2D eigenvalue weighted by atomic mass is 9.99. The first-order chi connectivity index (χ1) is 14.7. The predicted octanol–water partition coefficient (Wildman–Crippen LogP) is 8.36. The van der Waals surface area contributed by atoms with E-state index in [2.05, 4.69) is 75.4 Å². The largest absolute Gasteiger partial charge is 0.493 e. The van der Waals surface area contributed by atoms with Crippen molar-refractivity contribution in [1.82, 2.24) is 0 Å². The van der Waals surface area contributed by atoms with Crippen molar-refractivity contribution in [2.75, 3.05) is 0 Å². The first-order valence-electron chi connectivity index (χ1n) is 11.8. The molecule has 0 fully saturated rings. The Labute approximate surface area is 182 Å². The lowest BCUT2D eigenvalue weighted by Gasteiger charge is -2.11. The molecule has 0 radical (unpaired) electrons. The van der Waals surface area contributed by atoms with Crippen LogP contribution in [0.5, 0.6) is 0 Å². The van der Waals surface area contributed by atoms with E-state index in [1.807, 2.05) is 0 Å². The number of hydrogen-bond acceptors (Lipinski definition) is 0. The van der Waals surface area contributed by atoms with Crippen molar-refractivity contribution in [3.8, 4) is 0 Å². The summed E-state index contributed by atoms with van der Waals surface area (Å²) in [6.45, 7) is 6.61. The molecule has 0 unspecified atom stereocenters. The van der Waals surface area contributed by atoms with Crippen LogP contribution in [0, 0.1) is 0 Å². The lowest BCUT2D eigenvalue weighted by molar-refractivity contribution is -0.344. The third-order valence-corrected chi connectivity index (χ3v) is 6.09. The fraction of sp³-hybridized carbons (Fsp3) is 0.429. The van der Waals surface area contributed by atoms with Crippen LogP contribution in [0.3, 0.4) is 0 Å². The predicted molar refractivity (Wildman–Crippen MR) is 128 cm³/mol. The molecule has 2 heteroatoms. The quantitative estimate of drug-likeness (QED) is 0.267. The van der Waals surface area contributed by atoms with Crippen molar-refractivity contribution >= 4 is 11.4 Å². The Morgan fingerprint density at radius 2 is 1.33 bits per heavy atom. The lowest BCUT2D eigenvalue weighted by Crippen LogP contribution is -2.03. The molecule has 0 amide bonds. The smallest absolute Gasteiger partial charge is 0.210 e. The Balaban J connectivity index is 1.87. The third kappa shape index (κ3) is 5.36. The van der Waals surface area contributed by atoms with Crippen molar-refractivity contribution in [1.29, 1.82) is 0 Å². The van der Waals surface area contributed by atoms with E-state index in [-0.39, 0.29) is 0 Å². The average molecular weight is 401 g/mol. The maximum Gasteiger partial charge on any atom is 0.210 e. The van der Waals surface area contributed by atoms with Gasteiger partial charge in [-0.25, -0.2) is 4.70 Å². The van der Waals surface area contributed by atoms with Gasteiger partial charge in [0.1, 0.15) is 0 Å². The summed E-state index contributed by atoms with van der Waals surface area (Å²) in [6.07, 6.45) is 12.9. The molecule has 1 heterocycles. The molecule has 0 bridgehead atoms. The molecule has 0 atom stereocenters. The van der Waals surface area contributed by atoms with E-state index in [1.54, 1.807) is 0 Å². The van der Waals surface area contributed by atoms with Gasteiger partial charge in [0.05, 0.1) is 0 Å². The molecule has 0 spiro atoms. The van der Waals surface area contributed by atoms with Crippen molar-refractivity contribution in [3.63, 3.8) is 0 Å². The summed E-state index contributed by atoms with van der Waals surface area (Å²) >= 11 is 0. The molecule has 2 aromatic rings. The highest BCUT2D eigenvalue weighted by molar-refractivity contribution is 5.78. The van der Waals surface area contributed by atoms with E-state index in [9.17, 15) is 5.53 Å². The topological polar surface area (TPSA) is 25.3 Å². The molecular weight excluding hydrogens is 364 g/mol. The minimum absolute atomic E-state index is 0.892. The van der Waals surface area contributed by atoms with Gasteiger partial charge in [0.2, 0.25) is 11.4 Å². The number of hydrogen-bond donors (Lipinski definition) is 0. The standard InChI is InChI=1S/C28H36N2/c1-4-7-8-9-10-11-16-26-21-27(24-17-12-14-22(5-2)19-24)30(29)28(26)25-18-13-15-23(6-3)20-25/h12-15,17-21H,4-11,16H2,1-3H3. The minimum Gasteiger partial charge on any atom is -0.493 e. The van der Waals surface area contributed by atoms with Crippen molar-refractivity contribution < 1.29 is 4.70 Å². The normalized spacial score (nSPS) is 13.8. The molecule has 158 valence electrons. The zero-order valence-electron chi connectivity index (χ0n) is 19.0. The van der Waals surface area contributed by atoms with Gasteiger partial charge in [-0.1, -0.05) is 77.1 Å². The van der Waals surface area contributed by atoms with Gasteiger partial charge in [0.25, 0.3) is 0 Å². The van der Waals surface area contributed by atoms with Gasteiger partial charge >= 0.3 is 0 Å². The third-order valence-electron chi connectivity index (χ3n) is 6.09. The van der Waals surface area contributed by atoms with Crippen molar-refractivity contribution in [2.24, 2.45) is 0 Å². The number of benzene rings is 2. The maximum atomic E-state index is 11.2. The SMILES string of the molecule is CCCCCCCCC1=C(c2cccc(CC)c2)[N+](=[N-])C(c2cccc(CC)c2)=C1. The minimum atomic E-state index is 0.892. The Morgan fingerprint density at radius 1 is 0.733 bits per heavy atom. The molecule has 1 aliphatic rings.